The molecule has 4 nitrogen and oxygen atoms in total. The number of carbonyl (C=O) groups excluding carboxylic acids is 1. The average Bonchev–Trinajstić information content (AvgIpc) is 2.77. The van der Waals surface area contributed by atoms with Gasteiger partial charge in [0.05, 0.1) is 6.10 Å². The molecule has 2 aromatic carbocycles. The van der Waals surface area contributed by atoms with Crippen LogP contribution in [0.25, 0.3) is 11.9 Å². The normalized spacial score (nSPS) is 11.0. The van der Waals surface area contributed by atoms with Gasteiger partial charge in [-0.15, -0.1) is 0 Å². The average molecular weight is 443 g/mol. The molecule has 0 aliphatic heterocycles. The van der Waals surface area contributed by atoms with Crippen molar-refractivity contribution in [1.29, 1.82) is 0 Å². The van der Waals surface area contributed by atoms with Crippen LogP contribution in [0.1, 0.15) is 64.2 Å². The van der Waals surface area contributed by atoms with Gasteiger partial charge in [0.1, 0.15) is 12.4 Å². The summed E-state index contributed by atoms with van der Waals surface area (Å²) < 4.78 is 20.0. The molecule has 1 N–H and O–H groups in total. The summed E-state index contributed by atoms with van der Waals surface area (Å²) in [5.74, 6) is -0.593. The number of esters is 1. The molecule has 0 heterocycles. The van der Waals surface area contributed by atoms with Gasteiger partial charge in [0.15, 0.2) is 0 Å². The maximum Gasteiger partial charge on any atom is 0.325 e. The van der Waals surface area contributed by atoms with E-state index in [4.69, 9.17) is 4.74 Å². The lowest BCUT2D eigenvalue weighted by atomic mass is 10.0. The lowest BCUT2D eigenvalue weighted by Gasteiger charge is -2.18. The molecule has 0 amide bonds. The molecule has 0 aliphatic rings. The fourth-order valence-corrected chi connectivity index (χ4v) is 2.77. The molecule has 0 radical (unpaired) electrons. The summed E-state index contributed by atoms with van der Waals surface area (Å²) in [7, 11) is 3.83. The Morgan fingerprint density at radius 3 is 2.19 bits per heavy atom. The number of anilines is 2. The standard InChI is InChI=1S/C23H29FN2O2.C4H10/c1-6-17-9-12-20(22(14-17)26(4)5)21(24)13-18-7-10-19(11-8-18)25-15-23(27)28-16(2)3;1-3-4-2/h7-14,16,25H,6,15H2,1-5H3;3-4H2,1-2H3/b21-13-;. The van der Waals surface area contributed by atoms with Gasteiger partial charge in [-0.05, 0) is 61.7 Å². The van der Waals surface area contributed by atoms with Gasteiger partial charge in [-0.2, -0.15) is 0 Å². The number of halogens is 1. The summed E-state index contributed by atoms with van der Waals surface area (Å²) in [4.78, 5) is 13.5. The van der Waals surface area contributed by atoms with Crippen LogP contribution in [0.3, 0.4) is 0 Å². The molecule has 0 fully saturated rings. The van der Waals surface area contributed by atoms with E-state index in [0.717, 1.165) is 23.4 Å². The zero-order chi connectivity index (χ0) is 24.1. The molecule has 5 heteroatoms. The van der Waals surface area contributed by atoms with Gasteiger partial charge >= 0.3 is 5.97 Å². The Bertz CT molecular complexity index is 856. The fourth-order valence-electron chi connectivity index (χ4n) is 2.77. The van der Waals surface area contributed by atoms with Crippen LogP contribution in [-0.2, 0) is 16.0 Å². The van der Waals surface area contributed by atoms with Gasteiger partial charge in [-0.1, -0.05) is 51.8 Å². The first-order valence-corrected chi connectivity index (χ1v) is 11.4. The summed E-state index contributed by atoms with van der Waals surface area (Å²) in [6.45, 7) is 10.2. The van der Waals surface area contributed by atoms with Gasteiger partial charge in [0.2, 0.25) is 0 Å². The number of benzene rings is 2. The van der Waals surface area contributed by atoms with Crippen molar-refractivity contribution in [2.24, 2.45) is 0 Å². The third-order valence-corrected chi connectivity index (χ3v) is 4.72. The highest BCUT2D eigenvalue weighted by molar-refractivity contribution is 5.83. The van der Waals surface area contributed by atoms with Gasteiger partial charge in [-0.3, -0.25) is 4.79 Å². The number of rotatable bonds is 9. The van der Waals surface area contributed by atoms with E-state index in [2.05, 4.69) is 26.1 Å². The Morgan fingerprint density at radius 1 is 1.06 bits per heavy atom. The van der Waals surface area contributed by atoms with Crippen molar-refractivity contribution in [2.75, 3.05) is 30.9 Å². The molecule has 0 unspecified atom stereocenters. The highest BCUT2D eigenvalue weighted by Crippen LogP contribution is 2.30. The van der Waals surface area contributed by atoms with Crippen LogP contribution in [0.4, 0.5) is 15.8 Å². The van der Waals surface area contributed by atoms with Crippen molar-refractivity contribution in [1.82, 2.24) is 0 Å². The molecule has 0 bridgehead atoms. The molecule has 176 valence electrons. The van der Waals surface area contributed by atoms with Crippen LogP contribution in [0, 0.1) is 0 Å². The lowest BCUT2D eigenvalue weighted by molar-refractivity contribution is -0.145. The van der Waals surface area contributed by atoms with Crippen molar-refractivity contribution in [3.8, 4) is 0 Å². The van der Waals surface area contributed by atoms with E-state index in [0.29, 0.717) is 5.56 Å². The zero-order valence-electron chi connectivity index (χ0n) is 20.7. The Kier molecular flexibility index (Phi) is 12.1. The summed E-state index contributed by atoms with van der Waals surface area (Å²) in [5, 5.41) is 3.00. The Hall–Kier alpha value is -2.82. The van der Waals surface area contributed by atoms with E-state index in [1.54, 1.807) is 0 Å². The lowest BCUT2D eigenvalue weighted by Crippen LogP contribution is -2.20. The molecule has 0 spiro atoms. The summed E-state index contributed by atoms with van der Waals surface area (Å²) in [6.07, 6.45) is 4.93. The maximum atomic E-state index is 14.9. The third kappa shape index (κ3) is 9.54. The molecule has 0 saturated heterocycles. The zero-order valence-corrected chi connectivity index (χ0v) is 20.7. The molecule has 2 aromatic rings. The van der Waals surface area contributed by atoms with Crippen LogP contribution in [0.2, 0.25) is 0 Å². The predicted octanol–water partition coefficient (Wildman–Crippen LogP) is 6.95. The number of hydrogen-bond donors (Lipinski definition) is 1. The molecular formula is C27H39FN2O2. The van der Waals surface area contributed by atoms with E-state index in [9.17, 15) is 9.18 Å². The van der Waals surface area contributed by atoms with Crippen LogP contribution >= 0.6 is 0 Å². The number of unbranched alkanes of at least 4 members (excludes halogenated alkanes) is 1. The van der Waals surface area contributed by atoms with E-state index in [1.165, 1.54) is 24.5 Å². The third-order valence-electron chi connectivity index (χ3n) is 4.72. The maximum absolute atomic E-state index is 14.9. The summed E-state index contributed by atoms with van der Waals surface area (Å²) in [6, 6.07) is 13.1. The molecule has 0 aromatic heterocycles. The summed E-state index contributed by atoms with van der Waals surface area (Å²) in [5.41, 5.74) is 4.12. The Balaban J connectivity index is 0.00000118. The molecule has 0 aliphatic carbocycles. The van der Waals surface area contributed by atoms with E-state index in [-0.39, 0.29) is 24.4 Å². The van der Waals surface area contributed by atoms with Crippen molar-refractivity contribution in [2.45, 2.75) is 60.0 Å². The minimum atomic E-state index is -0.309. The van der Waals surface area contributed by atoms with Crippen molar-refractivity contribution < 1.29 is 13.9 Å². The number of nitrogens with zero attached hydrogens (tertiary/aromatic N) is 1. The molecular weight excluding hydrogens is 403 g/mol. The van der Waals surface area contributed by atoms with E-state index < -0.39 is 0 Å². The van der Waals surface area contributed by atoms with Gasteiger partial charge < -0.3 is 15.0 Å². The van der Waals surface area contributed by atoms with E-state index >= 15 is 0 Å². The second-order valence-corrected chi connectivity index (χ2v) is 8.11. The predicted molar refractivity (Wildman–Crippen MR) is 136 cm³/mol. The highest BCUT2D eigenvalue weighted by Gasteiger charge is 2.11. The molecule has 0 saturated carbocycles. The van der Waals surface area contributed by atoms with Crippen molar-refractivity contribution >= 4 is 29.2 Å². The van der Waals surface area contributed by atoms with E-state index in [1.807, 2.05) is 75.3 Å². The molecule has 2 rings (SSSR count). The Labute approximate surface area is 193 Å². The monoisotopic (exact) mass is 442 g/mol. The van der Waals surface area contributed by atoms with Gasteiger partial charge in [0, 0.05) is 31.0 Å². The summed E-state index contributed by atoms with van der Waals surface area (Å²) >= 11 is 0. The number of nitrogens with one attached hydrogen (secondary N) is 1. The van der Waals surface area contributed by atoms with Crippen molar-refractivity contribution in [3.63, 3.8) is 0 Å². The first-order chi connectivity index (χ1) is 15.2. The molecule has 0 atom stereocenters. The Morgan fingerprint density at radius 2 is 1.69 bits per heavy atom. The second kappa shape index (κ2) is 14.3. The van der Waals surface area contributed by atoms with Gasteiger partial charge in [-0.25, -0.2) is 4.39 Å². The van der Waals surface area contributed by atoms with Crippen molar-refractivity contribution in [3.05, 3.63) is 59.2 Å². The smallest absolute Gasteiger partial charge is 0.325 e. The van der Waals surface area contributed by atoms with Gasteiger partial charge in [0.25, 0.3) is 0 Å². The van der Waals surface area contributed by atoms with Crippen LogP contribution in [-0.4, -0.2) is 32.7 Å². The quantitative estimate of drug-likeness (QED) is 0.337. The minimum absolute atomic E-state index is 0.0949. The highest BCUT2D eigenvalue weighted by atomic mass is 19.1. The molecule has 32 heavy (non-hydrogen) atoms. The number of ether oxygens (including phenoxy) is 1. The van der Waals surface area contributed by atoms with Crippen LogP contribution in [0.15, 0.2) is 42.5 Å². The van der Waals surface area contributed by atoms with Crippen LogP contribution in [0.5, 0.6) is 0 Å². The second-order valence-electron chi connectivity index (χ2n) is 8.11. The first-order valence-electron chi connectivity index (χ1n) is 11.4. The topological polar surface area (TPSA) is 41.6 Å². The first kappa shape index (κ1) is 27.2. The number of carbonyl (C=O) groups is 1. The van der Waals surface area contributed by atoms with Crippen LogP contribution < -0.4 is 10.2 Å². The minimum Gasteiger partial charge on any atom is -0.462 e. The fraction of sp³-hybridized carbons (Fsp3) is 0.444. The largest absolute Gasteiger partial charge is 0.462 e. The SMILES string of the molecule is CCCC.CCc1ccc(/C(F)=C/c2ccc(NCC(=O)OC(C)C)cc2)c(N(C)C)c1. The number of hydrogen-bond acceptors (Lipinski definition) is 4. The number of aryl methyl sites for hydroxylation is 1.